The van der Waals surface area contributed by atoms with Crippen LogP contribution in [-0.2, 0) is 0 Å². The lowest BCUT2D eigenvalue weighted by Gasteiger charge is -2.01. The Morgan fingerprint density at radius 3 is 2.33 bits per heavy atom. The summed E-state index contributed by atoms with van der Waals surface area (Å²) >= 11 is 3.41. The maximum absolute atomic E-state index is 9.33. The van der Waals surface area contributed by atoms with Crippen molar-refractivity contribution in [3.63, 3.8) is 0 Å². The first-order valence-corrected chi connectivity index (χ1v) is 7.29. The van der Waals surface area contributed by atoms with Crippen molar-refractivity contribution >= 4 is 15.9 Å². The molecule has 0 amide bonds. The average Bonchev–Trinajstić information content (AvgIpc) is 2.93. The van der Waals surface area contributed by atoms with E-state index in [2.05, 4.69) is 27.1 Å². The second-order valence-electron chi connectivity index (χ2n) is 4.79. The number of nitrogens with zero attached hydrogens (tertiary/aromatic N) is 3. The second-order valence-corrected chi connectivity index (χ2v) is 5.71. The summed E-state index contributed by atoms with van der Waals surface area (Å²) in [5.41, 5.74) is 4.34. The second kappa shape index (κ2) is 5.55. The summed E-state index contributed by atoms with van der Waals surface area (Å²) < 4.78 is 2.75. The van der Waals surface area contributed by atoms with Crippen LogP contribution in [0.1, 0.15) is 11.1 Å². The number of aryl methyl sites for hydroxylation is 1. The summed E-state index contributed by atoms with van der Waals surface area (Å²) in [6.07, 6.45) is 1.77. The van der Waals surface area contributed by atoms with Gasteiger partial charge in [-0.05, 0) is 31.2 Å². The molecular weight excluding hydrogens is 326 g/mol. The van der Waals surface area contributed by atoms with E-state index in [1.165, 1.54) is 5.56 Å². The molecule has 102 valence electrons. The zero-order chi connectivity index (χ0) is 14.8. The Morgan fingerprint density at radius 2 is 1.71 bits per heavy atom. The molecule has 3 rings (SSSR count). The molecule has 0 atom stereocenters. The van der Waals surface area contributed by atoms with Gasteiger partial charge in [0.2, 0.25) is 0 Å². The molecule has 0 fully saturated rings. The smallest absolute Gasteiger partial charge is 0.111 e. The number of nitriles is 1. The van der Waals surface area contributed by atoms with E-state index >= 15 is 0 Å². The maximum Gasteiger partial charge on any atom is 0.111 e. The van der Waals surface area contributed by atoms with Gasteiger partial charge < -0.3 is 0 Å². The van der Waals surface area contributed by atoms with E-state index < -0.39 is 0 Å². The van der Waals surface area contributed by atoms with Crippen LogP contribution in [0.3, 0.4) is 0 Å². The molecule has 0 radical (unpaired) electrons. The molecule has 1 aromatic heterocycles. The summed E-state index contributed by atoms with van der Waals surface area (Å²) in [5.74, 6) is 0. The van der Waals surface area contributed by atoms with Gasteiger partial charge in [0, 0.05) is 16.2 Å². The molecule has 0 bridgehead atoms. The van der Waals surface area contributed by atoms with Crippen LogP contribution in [0.2, 0.25) is 0 Å². The Morgan fingerprint density at radius 1 is 1.05 bits per heavy atom. The van der Waals surface area contributed by atoms with Crippen LogP contribution in [0.25, 0.3) is 16.9 Å². The third-order valence-electron chi connectivity index (χ3n) is 3.25. The summed E-state index contributed by atoms with van der Waals surface area (Å²) in [4.78, 5) is 0. The highest BCUT2D eigenvalue weighted by atomic mass is 79.9. The molecule has 3 aromatic rings. The first kappa shape index (κ1) is 13.6. The van der Waals surface area contributed by atoms with E-state index in [1.807, 2.05) is 55.5 Å². The maximum atomic E-state index is 9.33. The van der Waals surface area contributed by atoms with Gasteiger partial charge in [-0.3, -0.25) is 0 Å². The zero-order valence-electron chi connectivity index (χ0n) is 11.4. The van der Waals surface area contributed by atoms with Gasteiger partial charge in [-0.15, -0.1) is 0 Å². The Labute approximate surface area is 131 Å². The largest absolute Gasteiger partial charge is 0.239 e. The first-order valence-electron chi connectivity index (χ1n) is 6.50. The van der Waals surface area contributed by atoms with E-state index in [0.717, 1.165) is 15.7 Å². The lowest BCUT2D eigenvalue weighted by molar-refractivity contribution is 0.883. The standard InChI is InChI=1S/C17H12BrN3/c1-12-2-8-16(9-3-12)21-11-14(10-19)17(20-21)13-4-6-15(18)7-5-13/h2-9,11H,1H3. The minimum absolute atomic E-state index is 0.567. The molecular formula is C17H12BrN3. The van der Waals surface area contributed by atoms with Crippen molar-refractivity contribution < 1.29 is 0 Å². The molecule has 0 aliphatic carbocycles. The molecule has 1 heterocycles. The van der Waals surface area contributed by atoms with Crippen molar-refractivity contribution in [1.29, 1.82) is 5.26 Å². The molecule has 0 aliphatic rings. The fraction of sp³-hybridized carbons (Fsp3) is 0.0588. The highest BCUT2D eigenvalue weighted by Gasteiger charge is 2.11. The summed E-state index contributed by atoms with van der Waals surface area (Å²) in [6.45, 7) is 2.04. The van der Waals surface area contributed by atoms with Gasteiger partial charge in [0.25, 0.3) is 0 Å². The van der Waals surface area contributed by atoms with E-state index in [9.17, 15) is 5.26 Å². The number of halogens is 1. The molecule has 2 aromatic carbocycles. The minimum Gasteiger partial charge on any atom is -0.239 e. The van der Waals surface area contributed by atoms with Crippen molar-refractivity contribution in [3.8, 4) is 23.0 Å². The highest BCUT2D eigenvalue weighted by molar-refractivity contribution is 9.10. The molecule has 0 aliphatic heterocycles. The highest BCUT2D eigenvalue weighted by Crippen LogP contribution is 2.24. The van der Waals surface area contributed by atoms with Gasteiger partial charge in [0.05, 0.1) is 11.3 Å². The number of aromatic nitrogens is 2. The first-order chi connectivity index (χ1) is 10.2. The Hall–Kier alpha value is -2.38. The minimum atomic E-state index is 0.567. The van der Waals surface area contributed by atoms with Crippen LogP contribution in [-0.4, -0.2) is 9.78 Å². The van der Waals surface area contributed by atoms with Crippen LogP contribution < -0.4 is 0 Å². The lowest BCUT2D eigenvalue weighted by atomic mass is 10.1. The molecule has 21 heavy (non-hydrogen) atoms. The summed E-state index contributed by atoms with van der Waals surface area (Å²) in [7, 11) is 0. The number of hydrogen-bond donors (Lipinski definition) is 0. The Balaban J connectivity index is 2.08. The van der Waals surface area contributed by atoms with Crippen molar-refractivity contribution in [2.75, 3.05) is 0 Å². The average molecular weight is 338 g/mol. The van der Waals surface area contributed by atoms with E-state index in [-0.39, 0.29) is 0 Å². The molecule has 0 saturated carbocycles. The SMILES string of the molecule is Cc1ccc(-n2cc(C#N)c(-c3ccc(Br)cc3)n2)cc1. The molecule has 4 heteroatoms. The fourth-order valence-electron chi connectivity index (χ4n) is 2.11. The van der Waals surface area contributed by atoms with Gasteiger partial charge in [-0.25, -0.2) is 4.68 Å². The van der Waals surface area contributed by atoms with Crippen LogP contribution >= 0.6 is 15.9 Å². The quantitative estimate of drug-likeness (QED) is 0.691. The third-order valence-corrected chi connectivity index (χ3v) is 3.78. The number of benzene rings is 2. The third kappa shape index (κ3) is 2.74. The van der Waals surface area contributed by atoms with Crippen LogP contribution in [0.15, 0.2) is 59.2 Å². The van der Waals surface area contributed by atoms with Gasteiger partial charge in [0.1, 0.15) is 11.8 Å². The zero-order valence-corrected chi connectivity index (χ0v) is 13.0. The monoisotopic (exact) mass is 337 g/mol. The topological polar surface area (TPSA) is 41.6 Å². The molecule has 0 unspecified atom stereocenters. The van der Waals surface area contributed by atoms with Crippen LogP contribution in [0, 0.1) is 18.3 Å². The van der Waals surface area contributed by atoms with Gasteiger partial charge in [-0.2, -0.15) is 10.4 Å². The van der Waals surface area contributed by atoms with Crippen molar-refractivity contribution in [2.45, 2.75) is 6.92 Å². The molecule has 0 saturated heterocycles. The van der Waals surface area contributed by atoms with Gasteiger partial charge in [-0.1, -0.05) is 45.8 Å². The Bertz CT molecular complexity index is 809. The van der Waals surface area contributed by atoms with Crippen molar-refractivity contribution in [3.05, 3.63) is 70.3 Å². The van der Waals surface area contributed by atoms with Crippen LogP contribution in [0.5, 0.6) is 0 Å². The lowest BCUT2D eigenvalue weighted by Crippen LogP contribution is -1.94. The number of hydrogen-bond acceptors (Lipinski definition) is 2. The van der Waals surface area contributed by atoms with Crippen molar-refractivity contribution in [2.24, 2.45) is 0 Å². The molecule has 0 spiro atoms. The van der Waals surface area contributed by atoms with E-state index in [4.69, 9.17) is 0 Å². The molecule has 0 N–H and O–H groups in total. The fourth-order valence-corrected chi connectivity index (χ4v) is 2.37. The summed E-state index contributed by atoms with van der Waals surface area (Å²) in [5, 5.41) is 13.9. The van der Waals surface area contributed by atoms with Crippen molar-refractivity contribution in [1.82, 2.24) is 9.78 Å². The Kier molecular flexibility index (Phi) is 3.59. The van der Waals surface area contributed by atoms with Gasteiger partial charge >= 0.3 is 0 Å². The number of rotatable bonds is 2. The predicted molar refractivity (Wildman–Crippen MR) is 86.2 cm³/mol. The van der Waals surface area contributed by atoms with E-state index in [1.54, 1.807) is 10.9 Å². The predicted octanol–water partition coefficient (Wildman–Crippen LogP) is 4.48. The van der Waals surface area contributed by atoms with Gasteiger partial charge in [0.15, 0.2) is 0 Å². The van der Waals surface area contributed by atoms with E-state index in [0.29, 0.717) is 11.3 Å². The van der Waals surface area contributed by atoms with Crippen LogP contribution in [0.4, 0.5) is 0 Å². The molecule has 3 nitrogen and oxygen atoms in total. The normalized spacial score (nSPS) is 10.3. The summed E-state index contributed by atoms with van der Waals surface area (Å²) in [6, 6.07) is 18.1.